The molecule has 0 aliphatic rings. The maximum Gasteiger partial charge on any atom is 0.158 e. The van der Waals surface area contributed by atoms with Crippen molar-refractivity contribution in [3.05, 3.63) is 60.0 Å². The summed E-state index contributed by atoms with van der Waals surface area (Å²) in [7, 11) is 0. The Balaban J connectivity index is 1.86. The van der Waals surface area contributed by atoms with Gasteiger partial charge in [0.1, 0.15) is 11.5 Å². The van der Waals surface area contributed by atoms with Gasteiger partial charge in [-0.15, -0.1) is 5.10 Å². The second-order valence-electron chi connectivity index (χ2n) is 4.60. The number of phenolic OH excluding ortho intramolecular Hbond substituents is 2. The van der Waals surface area contributed by atoms with Gasteiger partial charge in [-0.1, -0.05) is 23.4 Å². The average molecular weight is 285 g/mol. The predicted octanol–water partition coefficient (Wildman–Crippen LogP) is 2.54. The lowest BCUT2D eigenvalue weighted by atomic mass is 10.1. The van der Waals surface area contributed by atoms with Crippen LogP contribution in [-0.4, -0.2) is 25.2 Å². The second-order valence-corrected chi connectivity index (χ2v) is 4.60. The molecule has 2 aromatic carbocycles. The van der Waals surface area contributed by atoms with Gasteiger partial charge in [0, 0.05) is 11.1 Å². The molecular weight excluding hydrogens is 273 g/mol. The molecule has 3 aromatic rings. The molecule has 0 atom stereocenters. The SMILES string of the molecule is Oc1ccc(-c2cn(Cc3ccccc3F)nn2)cc1O. The van der Waals surface area contributed by atoms with E-state index in [-0.39, 0.29) is 23.9 Å². The summed E-state index contributed by atoms with van der Waals surface area (Å²) < 4.78 is 15.1. The monoisotopic (exact) mass is 285 g/mol. The zero-order chi connectivity index (χ0) is 14.8. The standard InChI is InChI=1S/C15H12FN3O2/c16-12-4-2-1-3-11(12)8-19-9-13(17-18-19)10-5-6-14(20)15(21)7-10/h1-7,9,20-21H,8H2. The van der Waals surface area contributed by atoms with Gasteiger partial charge < -0.3 is 10.2 Å². The van der Waals surface area contributed by atoms with Gasteiger partial charge in [0.15, 0.2) is 11.5 Å². The Kier molecular flexibility index (Phi) is 3.27. The zero-order valence-electron chi connectivity index (χ0n) is 10.9. The molecule has 0 amide bonds. The molecule has 0 spiro atoms. The summed E-state index contributed by atoms with van der Waals surface area (Å²) >= 11 is 0. The zero-order valence-corrected chi connectivity index (χ0v) is 10.9. The van der Waals surface area contributed by atoms with Crippen LogP contribution in [0.25, 0.3) is 11.3 Å². The first-order valence-corrected chi connectivity index (χ1v) is 6.29. The summed E-state index contributed by atoms with van der Waals surface area (Å²) in [6, 6.07) is 10.9. The molecule has 0 saturated heterocycles. The molecule has 0 unspecified atom stereocenters. The van der Waals surface area contributed by atoms with E-state index in [1.54, 1.807) is 30.5 Å². The second kappa shape index (κ2) is 5.24. The lowest BCUT2D eigenvalue weighted by molar-refractivity contribution is 0.404. The fraction of sp³-hybridized carbons (Fsp3) is 0.0667. The largest absolute Gasteiger partial charge is 0.504 e. The van der Waals surface area contributed by atoms with E-state index in [0.29, 0.717) is 16.8 Å². The molecule has 106 valence electrons. The lowest BCUT2D eigenvalue weighted by Gasteiger charge is -2.02. The molecule has 0 radical (unpaired) electrons. The summed E-state index contributed by atoms with van der Waals surface area (Å²) in [6.45, 7) is 0.268. The van der Waals surface area contributed by atoms with Crippen LogP contribution in [0.5, 0.6) is 11.5 Å². The number of aromatic hydroxyl groups is 2. The van der Waals surface area contributed by atoms with Crippen LogP contribution in [-0.2, 0) is 6.54 Å². The van der Waals surface area contributed by atoms with Crippen LogP contribution in [0.3, 0.4) is 0 Å². The Hall–Kier alpha value is -2.89. The van der Waals surface area contributed by atoms with Crippen molar-refractivity contribution >= 4 is 0 Å². The highest BCUT2D eigenvalue weighted by atomic mass is 19.1. The number of halogens is 1. The number of hydrogen-bond donors (Lipinski definition) is 2. The molecule has 21 heavy (non-hydrogen) atoms. The van der Waals surface area contributed by atoms with E-state index >= 15 is 0 Å². The maximum absolute atomic E-state index is 13.6. The van der Waals surface area contributed by atoms with Crippen LogP contribution >= 0.6 is 0 Å². The average Bonchev–Trinajstić information content (AvgIpc) is 2.93. The number of phenols is 2. The van der Waals surface area contributed by atoms with E-state index in [0.717, 1.165) is 0 Å². The number of benzene rings is 2. The predicted molar refractivity (Wildman–Crippen MR) is 74.3 cm³/mol. The van der Waals surface area contributed by atoms with Crippen LogP contribution in [0.4, 0.5) is 4.39 Å². The molecule has 0 bridgehead atoms. The minimum atomic E-state index is -0.295. The third kappa shape index (κ3) is 2.69. The Labute approximate surface area is 119 Å². The first-order chi connectivity index (χ1) is 10.1. The molecule has 6 heteroatoms. The molecule has 0 aliphatic carbocycles. The summed E-state index contributed by atoms with van der Waals surface area (Å²) in [5, 5.41) is 26.7. The normalized spacial score (nSPS) is 10.7. The Bertz CT molecular complexity index is 786. The first kappa shape index (κ1) is 13.1. The number of rotatable bonds is 3. The maximum atomic E-state index is 13.6. The summed E-state index contributed by atoms with van der Waals surface area (Å²) in [4.78, 5) is 0. The topological polar surface area (TPSA) is 71.2 Å². The van der Waals surface area contributed by atoms with Crippen LogP contribution in [0.15, 0.2) is 48.7 Å². The van der Waals surface area contributed by atoms with Crippen LogP contribution in [0.1, 0.15) is 5.56 Å². The molecule has 0 fully saturated rings. The third-order valence-corrected chi connectivity index (χ3v) is 3.10. The summed E-state index contributed by atoms with van der Waals surface area (Å²) in [6.07, 6.45) is 1.65. The fourth-order valence-corrected chi connectivity index (χ4v) is 1.99. The highest BCUT2D eigenvalue weighted by molar-refractivity contribution is 5.62. The quantitative estimate of drug-likeness (QED) is 0.725. The van der Waals surface area contributed by atoms with E-state index in [2.05, 4.69) is 10.3 Å². The first-order valence-electron chi connectivity index (χ1n) is 6.29. The molecule has 1 heterocycles. The summed E-state index contributed by atoms with van der Waals surface area (Å²) in [5.41, 5.74) is 1.66. The van der Waals surface area contributed by atoms with Gasteiger partial charge in [0.25, 0.3) is 0 Å². The van der Waals surface area contributed by atoms with Gasteiger partial charge in [-0.2, -0.15) is 0 Å². The molecule has 1 aromatic heterocycles. The van der Waals surface area contributed by atoms with Crippen molar-refractivity contribution in [2.75, 3.05) is 0 Å². The third-order valence-electron chi connectivity index (χ3n) is 3.10. The number of aromatic nitrogens is 3. The van der Waals surface area contributed by atoms with E-state index in [9.17, 15) is 14.6 Å². The minimum Gasteiger partial charge on any atom is -0.504 e. The van der Waals surface area contributed by atoms with Crippen LogP contribution < -0.4 is 0 Å². The van der Waals surface area contributed by atoms with E-state index in [4.69, 9.17) is 0 Å². The molecule has 5 nitrogen and oxygen atoms in total. The summed E-state index contributed by atoms with van der Waals surface area (Å²) in [5.74, 6) is -0.717. The van der Waals surface area contributed by atoms with Crippen molar-refractivity contribution in [3.63, 3.8) is 0 Å². The van der Waals surface area contributed by atoms with E-state index in [1.165, 1.54) is 22.9 Å². The Morgan fingerprint density at radius 2 is 1.86 bits per heavy atom. The Morgan fingerprint density at radius 3 is 2.62 bits per heavy atom. The van der Waals surface area contributed by atoms with E-state index < -0.39 is 0 Å². The lowest BCUT2D eigenvalue weighted by Crippen LogP contribution is -2.02. The molecule has 0 saturated carbocycles. The van der Waals surface area contributed by atoms with Crippen molar-refractivity contribution in [1.82, 2.24) is 15.0 Å². The smallest absolute Gasteiger partial charge is 0.158 e. The van der Waals surface area contributed by atoms with Crippen LogP contribution in [0, 0.1) is 5.82 Å². The van der Waals surface area contributed by atoms with Gasteiger partial charge >= 0.3 is 0 Å². The minimum absolute atomic E-state index is 0.197. The van der Waals surface area contributed by atoms with Crippen molar-refractivity contribution < 1.29 is 14.6 Å². The molecule has 2 N–H and O–H groups in total. The van der Waals surface area contributed by atoms with Gasteiger partial charge in [-0.25, -0.2) is 9.07 Å². The fourth-order valence-electron chi connectivity index (χ4n) is 1.99. The van der Waals surface area contributed by atoms with Crippen LogP contribution in [0.2, 0.25) is 0 Å². The van der Waals surface area contributed by atoms with Crippen molar-refractivity contribution in [2.24, 2.45) is 0 Å². The van der Waals surface area contributed by atoms with Crippen molar-refractivity contribution in [2.45, 2.75) is 6.54 Å². The number of nitrogens with zero attached hydrogens (tertiary/aromatic N) is 3. The van der Waals surface area contributed by atoms with Crippen molar-refractivity contribution in [1.29, 1.82) is 0 Å². The van der Waals surface area contributed by atoms with Crippen molar-refractivity contribution in [3.8, 4) is 22.8 Å². The molecular formula is C15H12FN3O2. The van der Waals surface area contributed by atoms with Gasteiger partial charge in [0.2, 0.25) is 0 Å². The van der Waals surface area contributed by atoms with Gasteiger partial charge in [0.05, 0.1) is 12.7 Å². The van der Waals surface area contributed by atoms with E-state index in [1.807, 2.05) is 0 Å². The van der Waals surface area contributed by atoms with Gasteiger partial charge in [-0.05, 0) is 24.3 Å². The highest BCUT2D eigenvalue weighted by Gasteiger charge is 2.08. The molecule has 3 rings (SSSR count). The van der Waals surface area contributed by atoms with Gasteiger partial charge in [-0.3, -0.25) is 0 Å². The molecule has 0 aliphatic heterocycles. The number of hydrogen-bond acceptors (Lipinski definition) is 4. The Morgan fingerprint density at radius 1 is 1.05 bits per heavy atom. The highest BCUT2D eigenvalue weighted by Crippen LogP contribution is 2.29.